The van der Waals surface area contributed by atoms with Crippen molar-refractivity contribution in [3.8, 4) is 11.5 Å². The molecule has 2 aliphatic heterocycles. The fourth-order valence-corrected chi connectivity index (χ4v) is 3.15. The van der Waals surface area contributed by atoms with Gasteiger partial charge in [0.25, 0.3) is 0 Å². The molecule has 8 heteroatoms. The lowest BCUT2D eigenvalue weighted by Crippen LogP contribution is -2.48. The molecule has 1 aromatic carbocycles. The lowest BCUT2D eigenvalue weighted by Gasteiger charge is -2.22. The number of amides is 2. The number of hydrogen-bond acceptors (Lipinski definition) is 5. The van der Waals surface area contributed by atoms with Gasteiger partial charge in [0, 0.05) is 18.3 Å². The predicted molar refractivity (Wildman–Crippen MR) is 92.3 cm³/mol. The summed E-state index contributed by atoms with van der Waals surface area (Å²) < 4.78 is 11.0. The van der Waals surface area contributed by atoms with Crippen LogP contribution >= 0.6 is 0 Å². The van der Waals surface area contributed by atoms with Crippen LogP contribution in [0.4, 0.5) is 5.69 Å². The van der Waals surface area contributed by atoms with Crippen molar-refractivity contribution in [1.82, 2.24) is 5.32 Å². The molecular formula is C18H22N2O6. The highest BCUT2D eigenvalue weighted by atomic mass is 16.6. The summed E-state index contributed by atoms with van der Waals surface area (Å²) in [7, 11) is 0. The van der Waals surface area contributed by atoms with Crippen LogP contribution in [-0.2, 0) is 14.4 Å². The summed E-state index contributed by atoms with van der Waals surface area (Å²) in [6.07, 6.45) is 0.337. The molecule has 0 aliphatic carbocycles. The normalized spacial score (nSPS) is 20.2. The molecule has 2 N–H and O–H groups in total. The number of carboxylic acid groups (broad SMARTS) is 1. The number of carbonyl (C=O) groups is 3. The lowest BCUT2D eigenvalue weighted by atomic mass is 10.0. The van der Waals surface area contributed by atoms with Crippen molar-refractivity contribution in [2.24, 2.45) is 11.8 Å². The quantitative estimate of drug-likeness (QED) is 0.758. The van der Waals surface area contributed by atoms with E-state index < -0.39 is 23.8 Å². The number of hydrogen-bond donors (Lipinski definition) is 2. The van der Waals surface area contributed by atoms with Gasteiger partial charge in [0.05, 0.1) is 0 Å². The third-order valence-electron chi connectivity index (χ3n) is 4.59. The molecule has 0 bridgehead atoms. The Morgan fingerprint density at radius 2 is 1.92 bits per heavy atom. The van der Waals surface area contributed by atoms with Gasteiger partial charge in [0.15, 0.2) is 11.5 Å². The third-order valence-corrected chi connectivity index (χ3v) is 4.59. The minimum absolute atomic E-state index is 0.276. The van der Waals surface area contributed by atoms with Gasteiger partial charge in [-0.25, -0.2) is 4.79 Å². The molecule has 0 spiro atoms. The van der Waals surface area contributed by atoms with Gasteiger partial charge in [-0.1, -0.05) is 13.8 Å². The van der Waals surface area contributed by atoms with Crippen LogP contribution in [0, 0.1) is 11.8 Å². The van der Waals surface area contributed by atoms with Gasteiger partial charge in [-0.2, -0.15) is 0 Å². The third kappa shape index (κ3) is 3.44. The summed E-state index contributed by atoms with van der Waals surface area (Å²) in [6.45, 7) is 4.73. The standard InChI is InChI=1S/C18H22N2O6/c1-10(2)15(18(23)24)19-16(21)12-5-6-20(17(12)22)11-3-4-13-14(9-11)26-8-7-25-13/h3-4,9-10,12,15H,5-8H2,1-2H3,(H,19,21)(H,23,24)/t12?,15-/m0/s1. The molecule has 2 aliphatic rings. The van der Waals surface area contributed by atoms with E-state index >= 15 is 0 Å². The topological polar surface area (TPSA) is 105 Å². The Morgan fingerprint density at radius 3 is 2.58 bits per heavy atom. The Kier molecular flexibility index (Phi) is 5.01. The lowest BCUT2D eigenvalue weighted by molar-refractivity contribution is -0.144. The maximum atomic E-state index is 12.7. The van der Waals surface area contributed by atoms with Crippen LogP contribution < -0.4 is 19.7 Å². The second kappa shape index (κ2) is 7.23. The molecule has 2 amide bonds. The maximum absolute atomic E-state index is 12.7. The van der Waals surface area contributed by atoms with Gasteiger partial charge in [-0.15, -0.1) is 0 Å². The van der Waals surface area contributed by atoms with Crippen molar-refractivity contribution < 1.29 is 29.0 Å². The van der Waals surface area contributed by atoms with Crippen LogP contribution in [0.2, 0.25) is 0 Å². The number of fused-ring (bicyclic) bond motifs is 1. The van der Waals surface area contributed by atoms with E-state index in [0.29, 0.717) is 43.4 Å². The number of ether oxygens (including phenoxy) is 2. The Hall–Kier alpha value is -2.77. The average Bonchev–Trinajstić information content (AvgIpc) is 3.00. The van der Waals surface area contributed by atoms with Gasteiger partial charge in [0.2, 0.25) is 11.8 Å². The number of carboxylic acids is 1. The van der Waals surface area contributed by atoms with Crippen LogP contribution in [0.1, 0.15) is 20.3 Å². The average molecular weight is 362 g/mol. The van der Waals surface area contributed by atoms with Crippen molar-refractivity contribution in [3.05, 3.63) is 18.2 Å². The van der Waals surface area contributed by atoms with Crippen molar-refractivity contribution in [3.63, 3.8) is 0 Å². The van der Waals surface area contributed by atoms with Gasteiger partial charge >= 0.3 is 5.97 Å². The predicted octanol–water partition coefficient (Wildman–Crippen LogP) is 1.04. The molecule has 140 valence electrons. The molecule has 2 heterocycles. The number of nitrogens with one attached hydrogen (secondary N) is 1. The smallest absolute Gasteiger partial charge is 0.326 e. The molecule has 0 saturated carbocycles. The first kappa shape index (κ1) is 18.0. The van der Waals surface area contributed by atoms with E-state index in [1.807, 2.05) is 0 Å². The summed E-state index contributed by atoms with van der Waals surface area (Å²) >= 11 is 0. The molecule has 2 atom stereocenters. The van der Waals surface area contributed by atoms with E-state index in [1.165, 1.54) is 4.90 Å². The minimum Gasteiger partial charge on any atom is -0.486 e. The Balaban J connectivity index is 1.71. The SMILES string of the molecule is CC(C)[C@H](NC(=O)C1CCN(c2ccc3c(c2)OCCO3)C1=O)C(=O)O. The number of aliphatic carboxylic acids is 1. The summed E-state index contributed by atoms with van der Waals surface area (Å²) in [6, 6.07) is 4.20. The highest BCUT2D eigenvalue weighted by Gasteiger charge is 2.39. The molecule has 3 rings (SSSR count). The summed E-state index contributed by atoms with van der Waals surface area (Å²) in [5, 5.41) is 11.7. The first-order chi connectivity index (χ1) is 12.4. The molecule has 0 radical (unpaired) electrons. The van der Waals surface area contributed by atoms with Crippen LogP contribution in [0.5, 0.6) is 11.5 Å². The van der Waals surface area contributed by atoms with E-state index in [4.69, 9.17) is 9.47 Å². The number of anilines is 1. The molecule has 8 nitrogen and oxygen atoms in total. The fourth-order valence-electron chi connectivity index (χ4n) is 3.15. The zero-order valence-electron chi connectivity index (χ0n) is 14.7. The molecule has 26 heavy (non-hydrogen) atoms. The van der Waals surface area contributed by atoms with Crippen LogP contribution in [0.3, 0.4) is 0 Å². The second-order valence-corrected chi connectivity index (χ2v) is 6.73. The van der Waals surface area contributed by atoms with Gasteiger partial charge < -0.3 is 24.8 Å². The molecule has 1 aromatic rings. The van der Waals surface area contributed by atoms with Crippen molar-refractivity contribution in [1.29, 1.82) is 0 Å². The highest BCUT2D eigenvalue weighted by Crippen LogP contribution is 2.36. The van der Waals surface area contributed by atoms with E-state index in [1.54, 1.807) is 32.0 Å². The zero-order chi connectivity index (χ0) is 18.8. The van der Waals surface area contributed by atoms with E-state index in [-0.39, 0.29) is 11.8 Å². The Bertz CT molecular complexity index is 732. The van der Waals surface area contributed by atoms with Crippen LogP contribution in [0.25, 0.3) is 0 Å². The van der Waals surface area contributed by atoms with Crippen LogP contribution in [-0.4, -0.2) is 48.7 Å². The number of carbonyl (C=O) groups excluding carboxylic acids is 2. The monoisotopic (exact) mass is 362 g/mol. The largest absolute Gasteiger partial charge is 0.486 e. The van der Waals surface area contributed by atoms with E-state index in [9.17, 15) is 19.5 Å². The molecule has 1 saturated heterocycles. The Morgan fingerprint density at radius 1 is 1.23 bits per heavy atom. The van der Waals surface area contributed by atoms with Gasteiger partial charge in [0.1, 0.15) is 25.2 Å². The number of rotatable bonds is 5. The molecule has 1 unspecified atom stereocenters. The highest BCUT2D eigenvalue weighted by molar-refractivity contribution is 6.10. The minimum atomic E-state index is -1.11. The van der Waals surface area contributed by atoms with Crippen molar-refractivity contribution in [2.45, 2.75) is 26.3 Å². The summed E-state index contributed by atoms with van der Waals surface area (Å²) in [4.78, 5) is 37.9. The zero-order valence-corrected chi connectivity index (χ0v) is 14.7. The molecule has 0 aromatic heterocycles. The van der Waals surface area contributed by atoms with Gasteiger partial charge in [-0.3, -0.25) is 9.59 Å². The molecular weight excluding hydrogens is 340 g/mol. The number of benzene rings is 1. The first-order valence-corrected chi connectivity index (χ1v) is 8.62. The fraction of sp³-hybridized carbons (Fsp3) is 0.500. The number of nitrogens with zero attached hydrogens (tertiary/aromatic N) is 1. The molecule has 1 fully saturated rings. The van der Waals surface area contributed by atoms with Crippen molar-refractivity contribution >= 4 is 23.5 Å². The maximum Gasteiger partial charge on any atom is 0.326 e. The van der Waals surface area contributed by atoms with Crippen LogP contribution in [0.15, 0.2) is 18.2 Å². The Labute approximate surface area is 151 Å². The summed E-state index contributed by atoms with van der Waals surface area (Å²) in [5.74, 6) is -1.96. The summed E-state index contributed by atoms with van der Waals surface area (Å²) in [5.41, 5.74) is 0.633. The van der Waals surface area contributed by atoms with Gasteiger partial charge in [-0.05, 0) is 24.5 Å². The second-order valence-electron chi connectivity index (χ2n) is 6.73. The first-order valence-electron chi connectivity index (χ1n) is 8.62. The van der Waals surface area contributed by atoms with E-state index in [2.05, 4.69) is 5.32 Å². The van der Waals surface area contributed by atoms with Crippen molar-refractivity contribution in [2.75, 3.05) is 24.7 Å². The van der Waals surface area contributed by atoms with E-state index in [0.717, 1.165) is 0 Å².